The Hall–Kier alpha value is -1.10. The van der Waals surface area contributed by atoms with E-state index in [9.17, 15) is 9.59 Å². The van der Waals surface area contributed by atoms with Crippen LogP contribution in [0.4, 0.5) is 0 Å². The highest BCUT2D eigenvalue weighted by molar-refractivity contribution is 5.80. The predicted octanol–water partition coefficient (Wildman–Crippen LogP) is 0.0948. The van der Waals surface area contributed by atoms with E-state index >= 15 is 0 Å². The molecule has 0 aliphatic heterocycles. The Morgan fingerprint density at radius 2 is 2.00 bits per heavy atom. The number of nitrogens with one attached hydrogen (secondary N) is 1. The Kier molecular flexibility index (Phi) is 6.74. The Bertz CT molecular complexity index is 192. The van der Waals surface area contributed by atoms with Crippen LogP contribution in [-0.4, -0.2) is 29.6 Å². The minimum Gasteiger partial charge on any atom is -0.481 e. The summed E-state index contributed by atoms with van der Waals surface area (Å²) in [5.74, 6) is -0.937. The summed E-state index contributed by atoms with van der Waals surface area (Å²) in [5, 5.41) is 11.0. The lowest BCUT2D eigenvalue weighted by Gasteiger charge is -2.06. The number of carboxylic acids is 1. The van der Waals surface area contributed by atoms with Gasteiger partial charge in [-0.15, -0.1) is 0 Å². The molecule has 0 spiro atoms. The summed E-state index contributed by atoms with van der Waals surface area (Å²) in [6.07, 6.45) is 2.46. The van der Waals surface area contributed by atoms with Crippen LogP contribution in [0, 0.1) is 0 Å². The number of hydrogen-bond donors (Lipinski definition) is 3. The van der Waals surface area contributed by atoms with Crippen molar-refractivity contribution in [2.24, 2.45) is 5.73 Å². The van der Waals surface area contributed by atoms with Crippen molar-refractivity contribution in [3.8, 4) is 0 Å². The average molecular weight is 202 g/mol. The first-order valence-corrected chi connectivity index (χ1v) is 4.79. The molecule has 0 aromatic heterocycles. The second kappa shape index (κ2) is 7.32. The quantitative estimate of drug-likeness (QED) is 0.510. The molecule has 0 aromatic rings. The minimum atomic E-state index is -0.774. The topological polar surface area (TPSA) is 92.4 Å². The van der Waals surface area contributed by atoms with Crippen LogP contribution in [0.1, 0.15) is 32.6 Å². The normalized spacial score (nSPS) is 12.1. The second-order valence-corrected chi connectivity index (χ2v) is 3.28. The lowest BCUT2D eigenvalue weighted by Crippen LogP contribution is -2.38. The van der Waals surface area contributed by atoms with Crippen LogP contribution >= 0.6 is 0 Å². The summed E-state index contributed by atoms with van der Waals surface area (Å²) in [7, 11) is 0. The van der Waals surface area contributed by atoms with E-state index in [1.165, 1.54) is 0 Å². The van der Waals surface area contributed by atoms with Crippen LogP contribution in [0.5, 0.6) is 0 Å². The molecular formula is C9H18N2O3. The van der Waals surface area contributed by atoms with E-state index < -0.39 is 12.0 Å². The molecule has 0 saturated heterocycles. The zero-order valence-corrected chi connectivity index (χ0v) is 8.45. The van der Waals surface area contributed by atoms with Gasteiger partial charge in [-0.1, -0.05) is 6.42 Å². The van der Waals surface area contributed by atoms with Crippen molar-refractivity contribution in [2.45, 2.75) is 38.6 Å². The van der Waals surface area contributed by atoms with Crippen molar-refractivity contribution in [1.29, 1.82) is 0 Å². The molecule has 0 radical (unpaired) electrons. The van der Waals surface area contributed by atoms with Gasteiger partial charge in [0.15, 0.2) is 0 Å². The summed E-state index contributed by atoms with van der Waals surface area (Å²) < 4.78 is 0. The molecule has 14 heavy (non-hydrogen) atoms. The number of hydrogen-bond acceptors (Lipinski definition) is 3. The summed E-state index contributed by atoms with van der Waals surface area (Å²) >= 11 is 0. The van der Waals surface area contributed by atoms with E-state index in [4.69, 9.17) is 10.8 Å². The molecule has 82 valence electrons. The van der Waals surface area contributed by atoms with Gasteiger partial charge in [-0.3, -0.25) is 9.59 Å². The molecule has 0 heterocycles. The minimum absolute atomic E-state index is 0.164. The lowest BCUT2D eigenvalue weighted by atomic mass is 10.2. The highest BCUT2D eigenvalue weighted by Gasteiger charge is 2.04. The van der Waals surface area contributed by atoms with Gasteiger partial charge in [0.05, 0.1) is 6.04 Å². The van der Waals surface area contributed by atoms with E-state index in [1.54, 1.807) is 6.92 Å². The van der Waals surface area contributed by atoms with Gasteiger partial charge in [-0.25, -0.2) is 0 Å². The van der Waals surface area contributed by atoms with Gasteiger partial charge in [-0.2, -0.15) is 0 Å². The first kappa shape index (κ1) is 12.9. The molecule has 0 fully saturated rings. The second-order valence-electron chi connectivity index (χ2n) is 3.28. The number of amides is 1. The molecule has 0 unspecified atom stereocenters. The Morgan fingerprint density at radius 1 is 1.36 bits per heavy atom. The molecule has 0 saturated carbocycles. The molecule has 0 rings (SSSR count). The first-order chi connectivity index (χ1) is 6.54. The van der Waals surface area contributed by atoms with Gasteiger partial charge in [0.2, 0.25) is 5.91 Å². The highest BCUT2D eigenvalue weighted by atomic mass is 16.4. The van der Waals surface area contributed by atoms with Gasteiger partial charge >= 0.3 is 5.97 Å². The van der Waals surface area contributed by atoms with E-state index in [2.05, 4.69) is 5.32 Å². The van der Waals surface area contributed by atoms with Crippen LogP contribution in [-0.2, 0) is 9.59 Å². The molecule has 5 nitrogen and oxygen atoms in total. The predicted molar refractivity (Wildman–Crippen MR) is 52.8 cm³/mol. The van der Waals surface area contributed by atoms with Crippen molar-refractivity contribution >= 4 is 11.9 Å². The van der Waals surface area contributed by atoms with Crippen LogP contribution in [0.25, 0.3) is 0 Å². The van der Waals surface area contributed by atoms with Crippen molar-refractivity contribution < 1.29 is 14.7 Å². The largest absolute Gasteiger partial charge is 0.481 e. The summed E-state index contributed by atoms with van der Waals surface area (Å²) in [6.45, 7) is 2.19. The first-order valence-electron chi connectivity index (χ1n) is 4.79. The maximum Gasteiger partial charge on any atom is 0.303 e. The number of aliphatic carboxylic acids is 1. The van der Waals surface area contributed by atoms with Gasteiger partial charge in [0.1, 0.15) is 0 Å². The number of rotatable bonds is 7. The molecule has 5 heteroatoms. The summed E-state index contributed by atoms with van der Waals surface area (Å²) in [5.41, 5.74) is 5.33. The Labute approximate surface area is 83.7 Å². The van der Waals surface area contributed by atoms with Crippen LogP contribution in [0.3, 0.4) is 0 Å². The highest BCUT2D eigenvalue weighted by Crippen LogP contribution is 1.98. The summed E-state index contributed by atoms with van der Waals surface area (Å²) in [4.78, 5) is 21.1. The van der Waals surface area contributed by atoms with Crippen LogP contribution in [0.2, 0.25) is 0 Å². The molecule has 1 amide bonds. The molecule has 1 atom stereocenters. The van der Waals surface area contributed by atoms with Gasteiger partial charge in [0.25, 0.3) is 0 Å². The molecule has 4 N–H and O–H groups in total. The van der Waals surface area contributed by atoms with Gasteiger partial charge in [-0.05, 0) is 19.8 Å². The van der Waals surface area contributed by atoms with E-state index in [0.717, 1.165) is 12.8 Å². The lowest BCUT2D eigenvalue weighted by molar-refractivity contribution is -0.137. The fourth-order valence-electron chi connectivity index (χ4n) is 0.951. The molecule has 0 aliphatic rings. The van der Waals surface area contributed by atoms with Gasteiger partial charge in [0, 0.05) is 13.0 Å². The zero-order valence-electron chi connectivity index (χ0n) is 8.45. The smallest absolute Gasteiger partial charge is 0.303 e. The zero-order chi connectivity index (χ0) is 11.0. The molecular weight excluding hydrogens is 184 g/mol. The Morgan fingerprint density at radius 3 is 2.50 bits per heavy atom. The van der Waals surface area contributed by atoms with Crippen molar-refractivity contribution in [3.05, 3.63) is 0 Å². The van der Waals surface area contributed by atoms with E-state index in [1.807, 2.05) is 0 Å². The Balaban J connectivity index is 3.22. The van der Waals surface area contributed by atoms with Crippen molar-refractivity contribution in [3.63, 3.8) is 0 Å². The maximum absolute atomic E-state index is 11.0. The number of carbonyl (C=O) groups excluding carboxylic acids is 1. The monoisotopic (exact) mass is 202 g/mol. The van der Waals surface area contributed by atoms with E-state index in [0.29, 0.717) is 13.0 Å². The molecule has 0 aliphatic carbocycles. The summed E-state index contributed by atoms with van der Waals surface area (Å²) in [6, 6.07) is -0.478. The molecule has 0 bridgehead atoms. The number of carbonyl (C=O) groups is 2. The fourth-order valence-corrected chi connectivity index (χ4v) is 0.951. The van der Waals surface area contributed by atoms with Crippen molar-refractivity contribution in [1.82, 2.24) is 5.32 Å². The third-order valence-electron chi connectivity index (χ3n) is 1.78. The third kappa shape index (κ3) is 7.54. The molecule has 0 aromatic carbocycles. The van der Waals surface area contributed by atoms with Crippen molar-refractivity contribution in [2.75, 3.05) is 6.54 Å². The average Bonchev–Trinajstić information content (AvgIpc) is 2.09. The number of carboxylic acid groups (broad SMARTS) is 1. The van der Waals surface area contributed by atoms with Crippen LogP contribution in [0.15, 0.2) is 0 Å². The fraction of sp³-hybridized carbons (Fsp3) is 0.778. The number of unbranched alkanes of at least 4 members (excludes halogenated alkanes) is 2. The third-order valence-corrected chi connectivity index (χ3v) is 1.78. The standard InChI is InChI=1S/C9H18N2O3/c1-7(10)9(14)11-6-4-2-3-5-8(12)13/h7H,2-6,10H2,1H3,(H,11,14)(H,12,13)/t7-/m0/s1. The SMILES string of the molecule is C[C@H](N)C(=O)NCCCCCC(=O)O. The van der Waals surface area contributed by atoms with Crippen LogP contribution < -0.4 is 11.1 Å². The maximum atomic E-state index is 11.0. The van der Waals surface area contributed by atoms with E-state index in [-0.39, 0.29) is 12.3 Å². The number of nitrogens with two attached hydrogens (primary N) is 1. The van der Waals surface area contributed by atoms with Gasteiger partial charge < -0.3 is 16.2 Å².